The van der Waals surface area contributed by atoms with Gasteiger partial charge in [0, 0.05) is 31.0 Å². The number of aryl methyl sites for hydroxylation is 1. The zero-order valence-corrected chi connectivity index (χ0v) is 14.6. The second-order valence-corrected chi connectivity index (χ2v) is 7.57. The van der Waals surface area contributed by atoms with E-state index in [2.05, 4.69) is 11.4 Å². The molecule has 1 aliphatic heterocycles. The fraction of sp³-hybridized carbons (Fsp3) is 0.600. The number of amides is 2. The van der Waals surface area contributed by atoms with Gasteiger partial charge in [-0.1, -0.05) is 12.1 Å². The number of carbonyl (C=O) groups is 2. The van der Waals surface area contributed by atoms with Crippen molar-refractivity contribution in [1.29, 1.82) is 0 Å². The second kappa shape index (κ2) is 7.06. The van der Waals surface area contributed by atoms with Crippen LogP contribution >= 0.6 is 0 Å². The van der Waals surface area contributed by atoms with Gasteiger partial charge in [-0.25, -0.2) is 0 Å². The molecule has 134 valence electrons. The molecule has 1 aromatic carbocycles. The standard InChI is InChI=1S/C20H26N2O3/c23-19(21-12-15-1-2-15)8-4-14-3-7-18-17(11-14)13-22(9-10-25-18)20(24)16-5-6-16/h3,7,11,15-16H,1-2,4-6,8-10,12-13H2,(H,21,23). The monoisotopic (exact) mass is 342 g/mol. The maximum Gasteiger partial charge on any atom is 0.226 e. The fourth-order valence-corrected chi connectivity index (χ4v) is 3.31. The zero-order chi connectivity index (χ0) is 17.2. The van der Waals surface area contributed by atoms with E-state index in [1.165, 1.54) is 12.8 Å². The number of benzene rings is 1. The lowest BCUT2D eigenvalue weighted by Gasteiger charge is -2.19. The van der Waals surface area contributed by atoms with E-state index in [0.717, 1.165) is 42.7 Å². The minimum atomic E-state index is 0.128. The highest BCUT2D eigenvalue weighted by Crippen LogP contribution is 2.33. The van der Waals surface area contributed by atoms with Crippen molar-refractivity contribution in [3.05, 3.63) is 29.3 Å². The average Bonchev–Trinajstić information content (AvgIpc) is 3.51. The first-order chi connectivity index (χ1) is 12.2. The molecule has 4 rings (SSSR count). The molecule has 0 atom stereocenters. The predicted octanol–water partition coefficient (Wildman–Crippen LogP) is 2.28. The van der Waals surface area contributed by atoms with Gasteiger partial charge in [0.2, 0.25) is 11.8 Å². The van der Waals surface area contributed by atoms with Crippen LogP contribution in [0.5, 0.6) is 5.75 Å². The quantitative estimate of drug-likeness (QED) is 0.863. The van der Waals surface area contributed by atoms with Crippen molar-refractivity contribution < 1.29 is 14.3 Å². The number of nitrogens with one attached hydrogen (secondary N) is 1. The predicted molar refractivity (Wildman–Crippen MR) is 94.1 cm³/mol. The topological polar surface area (TPSA) is 58.6 Å². The molecule has 25 heavy (non-hydrogen) atoms. The number of nitrogens with zero attached hydrogens (tertiary/aromatic N) is 1. The number of carbonyl (C=O) groups excluding carboxylic acids is 2. The molecule has 0 bridgehead atoms. The van der Waals surface area contributed by atoms with Crippen LogP contribution in [0.3, 0.4) is 0 Å². The van der Waals surface area contributed by atoms with Gasteiger partial charge in [0.1, 0.15) is 12.4 Å². The lowest BCUT2D eigenvalue weighted by Crippen LogP contribution is -2.33. The van der Waals surface area contributed by atoms with Gasteiger partial charge < -0.3 is 15.0 Å². The summed E-state index contributed by atoms with van der Waals surface area (Å²) in [6.07, 6.45) is 5.79. The van der Waals surface area contributed by atoms with Crippen molar-refractivity contribution >= 4 is 11.8 Å². The smallest absolute Gasteiger partial charge is 0.226 e. The van der Waals surface area contributed by atoms with Gasteiger partial charge in [0.15, 0.2) is 0 Å². The third-order valence-corrected chi connectivity index (χ3v) is 5.27. The van der Waals surface area contributed by atoms with Crippen LogP contribution in [0.25, 0.3) is 0 Å². The third-order valence-electron chi connectivity index (χ3n) is 5.27. The maximum absolute atomic E-state index is 12.4. The van der Waals surface area contributed by atoms with Crippen LogP contribution in [-0.4, -0.2) is 36.4 Å². The molecule has 1 heterocycles. The molecule has 2 amide bonds. The molecule has 2 fully saturated rings. The van der Waals surface area contributed by atoms with Crippen molar-refractivity contribution in [2.75, 3.05) is 19.7 Å². The zero-order valence-electron chi connectivity index (χ0n) is 14.6. The Kier molecular flexibility index (Phi) is 4.64. The molecule has 3 aliphatic rings. The molecule has 0 saturated heterocycles. The number of hydrogen-bond donors (Lipinski definition) is 1. The first-order valence-electron chi connectivity index (χ1n) is 9.49. The molecule has 0 spiro atoms. The molecule has 2 aliphatic carbocycles. The Labute approximate surface area is 148 Å². The van der Waals surface area contributed by atoms with E-state index < -0.39 is 0 Å². The molecule has 0 aromatic heterocycles. The third kappa shape index (κ3) is 4.33. The summed E-state index contributed by atoms with van der Waals surface area (Å²) in [6.45, 7) is 2.65. The molecule has 0 radical (unpaired) electrons. The Morgan fingerprint density at radius 3 is 2.80 bits per heavy atom. The molecule has 2 saturated carbocycles. The fourth-order valence-electron chi connectivity index (χ4n) is 3.31. The largest absolute Gasteiger partial charge is 0.491 e. The number of fused-ring (bicyclic) bond motifs is 1. The van der Waals surface area contributed by atoms with Crippen LogP contribution < -0.4 is 10.1 Å². The molecule has 1 N–H and O–H groups in total. The van der Waals surface area contributed by atoms with E-state index in [9.17, 15) is 9.59 Å². The second-order valence-electron chi connectivity index (χ2n) is 7.57. The Morgan fingerprint density at radius 2 is 2.04 bits per heavy atom. The summed E-state index contributed by atoms with van der Waals surface area (Å²) >= 11 is 0. The van der Waals surface area contributed by atoms with Gasteiger partial charge in [-0.15, -0.1) is 0 Å². The van der Waals surface area contributed by atoms with Crippen LogP contribution in [-0.2, 0) is 22.6 Å². The highest BCUT2D eigenvalue weighted by molar-refractivity contribution is 5.81. The van der Waals surface area contributed by atoms with Gasteiger partial charge >= 0.3 is 0 Å². The summed E-state index contributed by atoms with van der Waals surface area (Å²) in [5.74, 6) is 2.21. The SMILES string of the molecule is O=C(CCc1ccc2c(c1)CN(C(=O)C1CC1)CCO2)NCC1CC1. The van der Waals surface area contributed by atoms with Crippen LogP contribution in [0.2, 0.25) is 0 Å². The Balaban J connectivity index is 1.36. The van der Waals surface area contributed by atoms with E-state index in [1.54, 1.807) is 0 Å². The summed E-state index contributed by atoms with van der Waals surface area (Å²) in [6, 6.07) is 6.12. The number of rotatable bonds is 6. The summed E-state index contributed by atoms with van der Waals surface area (Å²) in [7, 11) is 0. The number of ether oxygens (including phenoxy) is 1. The van der Waals surface area contributed by atoms with Gasteiger partial charge in [0.25, 0.3) is 0 Å². The first-order valence-corrected chi connectivity index (χ1v) is 9.49. The summed E-state index contributed by atoms with van der Waals surface area (Å²) in [5.41, 5.74) is 2.19. The lowest BCUT2D eigenvalue weighted by molar-refractivity contribution is -0.133. The van der Waals surface area contributed by atoms with E-state index in [-0.39, 0.29) is 17.7 Å². The van der Waals surface area contributed by atoms with Crippen molar-refractivity contribution in [2.24, 2.45) is 11.8 Å². The van der Waals surface area contributed by atoms with E-state index >= 15 is 0 Å². The van der Waals surface area contributed by atoms with Crippen LogP contribution in [0.1, 0.15) is 43.2 Å². The van der Waals surface area contributed by atoms with Crippen LogP contribution in [0.15, 0.2) is 18.2 Å². The van der Waals surface area contributed by atoms with E-state index in [0.29, 0.717) is 32.0 Å². The van der Waals surface area contributed by atoms with Crippen molar-refractivity contribution in [3.8, 4) is 5.75 Å². The van der Waals surface area contributed by atoms with Gasteiger partial charge in [-0.3, -0.25) is 9.59 Å². The molecular formula is C20H26N2O3. The first kappa shape index (κ1) is 16.4. The summed E-state index contributed by atoms with van der Waals surface area (Å²) in [5, 5.41) is 3.01. The Morgan fingerprint density at radius 1 is 1.20 bits per heavy atom. The van der Waals surface area contributed by atoms with Crippen molar-refractivity contribution in [3.63, 3.8) is 0 Å². The van der Waals surface area contributed by atoms with Crippen molar-refractivity contribution in [2.45, 2.75) is 45.1 Å². The molecule has 5 heteroatoms. The van der Waals surface area contributed by atoms with E-state index in [4.69, 9.17) is 4.74 Å². The molecule has 1 aromatic rings. The Bertz CT molecular complexity index is 665. The van der Waals surface area contributed by atoms with Crippen LogP contribution in [0, 0.1) is 11.8 Å². The van der Waals surface area contributed by atoms with Gasteiger partial charge in [0.05, 0.1) is 6.54 Å². The minimum absolute atomic E-state index is 0.128. The Hall–Kier alpha value is -2.04. The van der Waals surface area contributed by atoms with Gasteiger partial charge in [-0.2, -0.15) is 0 Å². The highest BCUT2D eigenvalue weighted by Gasteiger charge is 2.34. The summed E-state index contributed by atoms with van der Waals surface area (Å²) < 4.78 is 5.81. The molecular weight excluding hydrogens is 316 g/mol. The highest BCUT2D eigenvalue weighted by atomic mass is 16.5. The normalized spacial score (nSPS) is 19.6. The molecule has 0 unspecified atom stereocenters. The maximum atomic E-state index is 12.4. The van der Waals surface area contributed by atoms with Crippen LogP contribution in [0.4, 0.5) is 0 Å². The van der Waals surface area contributed by atoms with Crippen molar-refractivity contribution in [1.82, 2.24) is 10.2 Å². The average molecular weight is 342 g/mol. The molecule has 5 nitrogen and oxygen atoms in total. The number of hydrogen-bond acceptors (Lipinski definition) is 3. The summed E-state index contributed by atoms with van der Waals surface area (Å²) in [4.78, 5) is 26.2. The van der Waals surface area contributed by atoms with Gasteiger partial charge in [-0.05, 0) is 49.7 Å². The van der Waals surface area contributed by atoms with E-state index in [1.807, 2.05) is 17.0 Å². The lowest BCUT2D eigenvalue weighted by atomic mass is 10.0. The minimum Gasteiger partial charge on any atom is -0.491 e.